The smallest absolute Gasteiger partial charge is 0.109 e. The lowest BCUT2D eigenvalue weighted by molar-refractivity contribution is 0.0387. The highest BCUT2D eigenvalue weighted by molar-refractivity contribution is 7.07. The number of aromatic nitrogens is 3. The van der Waals surface area contributed by atoms with Crippen LogP contribution in [0.2, 0.25) is 0 Å². The van der Waals surface area contributed by atoms with Gasteiger partial charge in [0.1, 0.15) is 6.10 Å². The summed E-state index contributed by atoms with van der Waals surface area (Å²) in [5.74, 6) is 0. The predicted molar refractivity (Wildman–Crippen MR) is 64.8 cm³/mol. The molecule has 1 atom stereocenters. The number of thiazole rings is 1. The minimum absolute atomic E-state index is 0.452. The lowest BCUT2D eigenvalue weighted by Crippen LogP contribution is -2.49. The Bertz CT molecular complexity index is 450. The topological polar surface area (TPSA) is 54.2 Å². The second-order valence-corrected chi connectivity index (χ2v) is 5.01. The molecule has 1 unspecified atom stereocenters. The van der Waals surface area contributed by atoms with Crippen molar-refractivity contribution in [1.29, 1.82) is 0 Å². The Kier molecular flexibility index (Phi) is 2.92. The summed E-state index contributed by atoms with van der Waals surface area (Å²) in [6, 6.07) is 2.39. The lowest BCUT2D eigenvalue weighted by Gasteiger charge is -2.39. The largest absolute Gasteiger partial charge is 0.385 e. The van der Waals surface area contributed by atoms with Crippen molar-refractivity contribution in [2.45, 2.75) is 12.1 Å². The molecule has 1 fully saturated rings. The molecule has 1 aliphatic rings. The van der Waals surface area contributed by atoms with Gasteiger partial charge in [-0.05, 0) is 6.07 Å². The fourth-order valence-electron chi connectivity index (χ4n) is 2.08. The van der Waals surface area contributed by atoms with Gasteiger partial charge in [0.05, 0.1) is 17.2 Å². The molecule has 17 heavy (non-hydrogen) atoms. The maximum Gasteiger partial charge on any atom is 0.109 e. The first-order valence-electron chi connectivity index (χ1n) is 5.60. The van der Waals surface area contributed by atoms with Gasteiger partial charge < -0.3 is 5.11 Å². The van der Waals surface area contributed by atoms with Crippen molar-refractivity contribution in [3.63, 3.8) is 0 Å². The maximum absolute atomic E-state index is 9.94. The summed E-state index contributed by atoms with van der Waals surface area (Å²) in [6.45, 7) is 2.55. The first-order chi connectivity index (χ1) is 8.33. The molecule has 0 amide bonds. The third kappa shape index (κ3) is 2.24. The van der Waals surface area contributed by atoms with Crippen molar-refractivity contribution in [1.82, 2.24) is 19.7 Å². The summed E-state index contributed by atoms with van der Waals surface area (Å²) in [6.07, 6.45) is 3.31. The number of aliphatic hydroxyl groups excluding tert-OH is 1. The maximum atomic E-state index is 9.94. The van der Waals surface area contributed by atoms with Crippen LogP contribution in [0.25, 0.3) is 0 Å². The molecule has 2 aromatic rings. The van der Waals surface area contributed by atoms with E-state index >= 15 is 0 Å². The second kappa shape index (κ2) is 4.56. The van der Waals surface area contributed by atoms with E-state index in [0.717, 1.165) is 18.8 Å². The van der Waals surface area contributed by atoms with Crippen molar-refractivity contribution < 1.29 is 5.11 Å². The number of likely N-dealkylation sites (tertiary alicyclic amines) is 1. The number of hydrogen-bond donors (Lipinski definition) is 1. The average Bonchev–Trinajstić information content (AvgIpc) is 2.93. The number of rotatable bonds is 4. The van der Waals surface area contributed by atoms with E-state index in [4.69, 9.17) is 0 Å². The van der Waals surface area contributed by atoms with E-state index in [9.17, 15) is 5.11 Å². The fraction of sp³-hybridized carbons (Fsp3) is 0.455. The van der Waals surface area contributed by atoms with Gasteiger partial charge in [0.2, 0.25) is 0 Å². The number of β-amino-alcohol motifs (C(OH)–C–C–N with tert-alkyl or cyclic N) is 1. The van der Waals surface area contributed by atoms with Crippen LogP contribution in [0.5, 0.6) is 0 Å². The van der Waals surface area contributed by atoms with E-state index in [1.165, 1.54) is 11.3 Å². The standard InChI is InChI=1S/C11H14N4OS/c16-11(10-7-17-8-12-10)6-14-4-9(5-14)15-3-1-2-13-15/h1-3,7-9,11,16H,4-6H2. The third-order valence-corrected chi connectivity index (χ3v) is 3.67. The molecule has 0 saturated carbocycles. The Hall–Kier alpha value is -1.24. The van der Waals surface area contributed by atoms with E-state index in [2.05, 4.69) is 15.0 Å². The molecule has 0 bridgehead atoms. The summed E-state index contributed by atoms with van der Waals surface area (Å²) in [5, 5.41) is 16.1. The van der Waals surface area contributed by atoms with Crippen molar-refractivity contribution in [2.24, 2.45) is 0 Å². The molecule has 1 saturated heterocycles. The lowest BCUT2D eigenvalue weighted by atomic mass is 10.1. The van der Waals surface area contributed by atoms with E-state index in [1.54, 1.807) is 11.7 Å². The zero-order valence-electron chi connectivity index (χ0n) is 9.31. The van der Waals surface area contributed by atoms with Gasteiger partial charge in [-0.1, -0.05) is 0 Å². The van der Waals surface area contributed by atoms with Crippen LogP contribution in [-0.4, -0.2) is 44.4 Å². The molecule has 90 valence electrons. The summed E-state index contributed by atoms with van der Waals surface area (Å²) < 4.78 is 1.98. The fourth-order valence-corrected chi connectivity index (χ4v) is 2.68. The Labute approximate surface area is 103 Å². The van der Waals surface area contributed by atoms with Crippen LogP contribution in [0.4, 0.5) is 0 Å². The molecule has 1 aliphatic heterocycles. The Morgan fingerprint density at radius 3 is 3.06 bits per heavy atom. The quantitative estimate of drug-likeness (QED) is 0.877. The van der Waals surface area contributed by atoms with Crippen molar-refractivity contribution in [2.75, 3.05) is 19.6 Å². The molecule has 0 spiro atoms. The number of nitrogens with zero attached hydrogens (tertiary/aromatic N) is 4. The molecule has 0 radical (unpaired) electrons. The van der Waals surface area contributed by atoms with Gasteiger partial charge in [0.25, 0.3) is 0 Å². The normalized spacial score (nSPS) is 19.1. The molecule has 3 rings (SSSR count). The second-order valence-electron chi connectivity index (χ2n) is 4.29. The molecular weight excluding hydrogens is 236 g/mol. The highest BCUT2D eigenvalue weighted by Crippen LogP contribution is 2.23. The predicted octanol–water partition coefficient (Wildman–Crippen LogP) is 0.930. The molecule has 3 heterocycles. The van der Waals surface area contributed by atoms with Gasteiger partial charge >= 0.3 is 0 Å². The van der Waals surface area contributed by atoms with E-state index in [0.29, 0.717) is 12.6 Å². The van der Waals surface area contributed by atoms with Crippen molar-refractivity contribution >= 4 is 11.3 Å². The SMILES string of the molecule is OC(CN1CC(n2cccn2)C1)c1cscn1. The number of hydrogen-bond acceptors (Lipinski definition) is 5. The monoisotopic (exact) mass is 250 g/mol. The molecule has 0 aromatic carbocycles. The van der Waals surface area contributed by atoms with Gasteiger partial charge in [-0.3, -0.25) is 9.58 Å². The Morgan fingerprint density at radius 2 is 2.41 bits per heavy atom. The minimum Gasteiger partial charge on any atom is -0.385 e. The van der Waals surface area contributed by atoms with Crippen molar-refractivity contribution in [3.8, 4) is 0 Å². The van der Waals surface area contributed by atoms with Crippen LogP contribution in [-0.2, 0) is 0 Å². The molecule has 5 nitrogen and oxygen atoms in total. The summed E-state index contributed by atoms with van der Waals surface area (Å²) in [5.41, 5.74) is 2.53. The molecule has 6 heteroatoms. The zero-order valence-corrected chi connectivity index (χ0v) is 10.1. The van der Waals surface area contributed by atoms with Crippen LogP contribution in [0.3, 0.4) is 0 Å². The van der Waals surface area contributed by atoms with Crippen LogP contribution in [0.1, 0.15) is 17.8 Å². The molecule has 0 aliphatic carbocycles. The minimum atomic E-state index is -0.472. The molecule has 2 aromatic heterocycles. The Morgan fingerprint density at radius 1 is 1.53 bits per heavy atom. The first kappa shape index (κ1) is 10.9. The third-order valence-electron chi connectivity index (χ3n) is 3.06. The first-order valence-corrected chi connectivity index (χ1v) is 6.55. The van der Waals surface area contributed by atoms with E-state index in [1.807, 2.05) is 22.3 Å². The van der Waals surface area contributed by atoms with Crippen LogP contribution in [0.15, 0.2) is 29.4 Å². The summed E-state index contributed by atoms with van der Waals surface area (Å²) >= 11 is 1.52. The van der Waals surface area contributed by atoms with Gasteiger partial charge in [-0.2, -0.15) is 5.10 Å². The Balaban J connectivity index is 1.50. The summed E-state index contributed by atoms with van der Waals surface area (Å²) in [7, 11) is 0. The van der Waals surface area contributed by atoms with E-state index < -0.39 is 6.10 Å². The molecular formula is C11H14N4OS. The van der Waals surface area contributed by atoms with Crippen LogP contribution in [0, 0.1) is 0 Å². The number of aliphatic hydroxyl groups is 1. The van der Waals surface area contributed by atoms with Crippen LogP contribution < -0.4 is 0 Å². The molecule has 1 N–H and O–H groups in total. The highest BCUT2D eigenvalue weighted by Gasteiger charge is 2.30. The van der Waals surface area contributed by atoms with E-state index in [-0.39, 0.29) is 0 Å². The van der Waals surface area contributed by atoms with Gasteiger partial charge in [0.15, 0.2) is 0 Å². The van der Waals surface area contributed by atoms with Gasteiger partial charge in [-0.25, -0.2) is 4.98 Å². The zero-order chi connectivity index (χ0) is 11.7. The van der Waals surface area contributed by atoms with Gasteiger partial charge in [-0.15, -0.1) is 11.3 Å². The highest BCUT2D eigenvalue weighted by atomic mass is 32.1. The van der Waals surface area contributed by atoms with Crippen molar-refractivity contribution in [3.05, 3.63) is 35.0 Å². The average molecular weight is 250 g/mol. The van der Waals surface area contributed by atoms with Crippen LogP contribution >= 0.6 is 11.3 Å². The summed E-state index contributed by atoms with van der Waals surface area (Å²) in [4.78, 5) is 6.34. The van der Waals surface area contributed by atoms with Gasteiger partial charge in [0, 0.05) is 37.4 Å².